The third-order valence-electron chi connectivity index (χ3n) is 3.07. The van der Waals surface area contributed by atoms with E-state index < -0.39 is 15.6 Å². The molecule has 0 fully saturated rings. The molecule has 0 spiro atoms. The molecule has 0 unspecified atom stereocenters. The number of rotatable bonds is 6. The molecular weight excluding hydrogens is 246 g/mol. The van der Waals surface area contributed by atoms with Gasteiger partial charge in [-0.05, 0) is 44.4 Å². The second kappa shape index (κ2) is 5.85. The summed E-state index contributed by atoms with van der Waals surface area (Å²) in [6.45, 7) is 7.84. The smallest absolute Gasteiger partial charge is 0.207 e. The average molecular weight is 269 g/mol. The Morgan fingerprint density at radius 1 is 1.11 bits per heavy atom. The van der Waals surface area contributed by atoms with Crippen LogP contribution < -0.4 is 4.72 Å². The highest BCUT2D eigenvalue weighted by molar-refractivity contribution is 7.89. The molecule has 1 aromatic carbocycles. The van der Waals surface area contributed by atoms with Gasteiger partial charge in [-0.1, -0.05) is 32.4 Å². The molecule has 1 N–H and O–H groups in total. The van der Waals surface area contributed by atoms with Crippen molar-refractivity contribution in [2.45, 2.75) is 57.4 Å². The number of sulfonamides is 1. The minimum absolute atomic E-state index is 0.337. The van der Waals surface area contributed by atoms with Gasteiger partial charge in [0.2, 0.25) is 10.0 Å². The van der Waals surface area contributed by atoms with Gasteiger partial charge in [0.1, 0.15) is 0 Å². The standard InChI is InChI=1S/C14H23NO2S/c1-5-7-12-8-10-13(11-9-12)18(16,17)15-14(3,4)6-2/h8-11,15H,5-7H2,1-4H3. The SMILES string of the molecule is CCCc1ccc(S(=O)(=O)NC(C)(C)CC)cc1. The summed E-state index contributed by atoms with van der Waals surface area (Å²) in [7, 11) is -3.41. The molecule has 1 aromatic rings. The first kappa shape index (κ1) is 15.2. The Bertz CT molecular complexity index is 475. The Hall–Kier alpha value is -0.870. The van der Waals surface area contributed by atoms with Crippen molar-refractivity contribution in [2.24, 2.45) is 0 Å². The molecule has 0 amide bonds. The van der Waals surface area contributed by atoms with Crippen LogP contribution in [-0.4, -0.2) is 14.0 Å². The van der Waals surface area contributed by atoms with Gasteiger partial charge < -0.3 is 0 Å². The monoisotopic (exact) mass is 269 g/mol. The molecule has 0 saturated heterocycles. The van der Waals surface area contributed by atoms with Crippen LogP contribution in [0.5, 0.6) is 0 Å². The first-order valence-corrected chi connectivity index (χ1v) is 7.92. The second-order valence-electron chi connectivity index (χ2n) is 5.24. The fourth-order valence-corrected chi connectivity index (χ4v) is 3.10. The van der Waals surface area contributed by atoms with E-state index in [-0.39, 0.29) is 0 Å². The Morgan fingerprint density at radius 3 is 2.11 bits per heavy atom. The van der Waals surface area contributed by atoms with E-state index in [4.69, 9.17) is 0 Å². The average Bonchev–Trinajstić information content (AvgIpc) is 2.29. The lowest BCUT2D eigenvalue weighted by Crippen LogP contribution is -2.42. The summed E-state index contributed by atoms with van der Waals surface area (Å²) in [5.74, 6) is 0. The predicted molar refractivity (Wildman–Crippen MR) is 75.1 cm³/mol. The van der Waals surface area contributed by atoms with E-state index in [0.29, 0.717) is 4.90 Å². The van der Waals surface area contributed by atoms with Crippen LogP contribution in [0.2, 0.25) is 0 Å². The zero-order chi connectivity index (χ0) is 13.8. The molecule has 4 heteroatoms. The fraction of sp³-hybridized carbons (Fsp3) is 0.571. The number of benzene rings is 1. The minimum atomic E-state index is -3.41. The molecule has 0 heterocycles. The van der Waals surface area contributed by atoms with Crippen molar-refractivity contribution in [3.63, 3.8) is 0 Å². The van der Waals surface area contributed by atoms with Crippen molar-refractivity contribution in [3.05, 3.63) is 29.8 Å². The summed E-state index contributed by atoms with van der Waals surface area (Å²) >= 11 is 0. The Balaban J connectivity index is 2.92. The lowest BCUT2D eigenvalue weighted by molar-refractivity contribution is 0.439. The molecule has 102 valence electrons. The first-order valence-electron chi connectivity index (χ1n) is 6.43. The molecular formula is C14H23NO2S. The van der Waals surface area contributed by atoms with Crippen molar-refractivity contribution in [1.82, 2.24) is 4.72 Å². The summed E-state index contributed by atoms with van der Waals surface area (Å²) in [5, 5.41) is 0. The summed E-state index contributed by atoms with van der Waals surface area (Å²) in [4.78, 5) is 0.337. The van der Waals surface area contributed by atoms with E-state index in [2.05, 4.69) is 11.6 Å². The van der Waals surface area contributed by atoms with E-state index in [0.717, 1.165) is 19.3 Å². The van der Waals surface area contributed by atoms with Crippen molar-refractivity contribution in [1.29, 1.82) is 0 Å². The molecule has 3 nitrogen and oxygen atoms in total. The molecule has 0 saturated carbocycles. The highest BCUT2D eigenvalue weighted by Crippen LogP contribution is 2.16. The molecule has 18 heavy (non-hydrogen) atoms. The van der Waals surface area contributed by atoms with Gasteiger partial charge in [0.25, 0.3) is 0 Å². The first-order chi connectivity index (χ1) is 8.30. The summed E-state index contributed by atoms with van der Waals surface area (Å²) in [6, 6.07) is 7.13. The minimum Gasteiger partial charge on any atom is -0.207 e. The third kappa shape index (κ3) is 4.10. The Labute approximate surface area is 111 Å². The maximum absolute atomic E-state index is 12.2. The van der Waals surface area contributed by atoms with Gasteiger partial charge in [-0.25, -0.2) is 13.1 Å². The third-order valence-corrected chi connectivity index (χ3v) is 4.78. The van der Waals surface area contributed by atoms with Crippen molar-refractivity contribution < 1.29 is 8.42 Å². The van der Waals surface area contributed by atoms with E-state index >= 15 is 0 Å². The maximum Gasteiger partial charge on any atom is 0.241 e. The molecule has 0 aliphatic carbocycles. The van der Waals surface area contributed by atoms with E-state index in [9.17, 15) is 8.42 Å². The molecule has 1 rings (SSSR count). The normalized spacial score (nSPS) is 12.7. The van der Waals surface area contributed by atoms with Crippen LogP contribution in [0.15, 0.2) is 29.2 Å². The van der Waals surface area contributed by atoms with Crippen LogP contribution in [0.3, 0.4) is 0 Å². The van der Waals surface area contributed by atoms with Gasteiger partial charge >= 0.3 is 0 Å². The fourth-order valence-electron chi connectivity index (χ4n) is 1.62. The maximum atomic E-state index is 12.2. The van der Waals surface area contributed by atoms with Crippen LogP contribution in [0, 0.1) is 0 Å². The number of hydrogen-bond donors (Lipinski definition) is 1. The van der Waals surface area contributed by atoms with Crippen LogP contribution >= 0.6 is 0 Å². The lowest BCUT2D eigenvalue weighted by Gasteiger charge is -2.24. The highest BCUT2D eigenvalue weighted by Gasteiger charge is 2.24. The van der Waals surface area contributed by atoms with Gasteiger partial charge in [0.05, 0.1) is 4.90 Å². The number of nitrogens with one attached hydrogen (secondary N) is 1. The predicted octanol–water partition coefficient (Wildman–Crippen LogP) is 3.11. The van der Waals surface area contributed by atoms with Crippen molar-refractivity contribution >= 4 is 10.0 Å². The molecule has 0 radical (unpaired) electrons. The summed E-state index contributed by atoms with van der Waals surface area (Å²) in [5.41, 5.74) is 0.757. The van der Waals surface area contributed by atoms with Gasteiger partial charge in [0.15, 0.2) is 0 Å². The van der Waals surface area contributed by atoms with Gasteiger partial charge in [0, 0.05) is 5.54 Å². The molecule has 0 aromatic heterocycles. The van der Waals surface area contributed by atoms with Crippen LogP contribution in [0.4, 0.5) is 0 Å². The van der Waals surface area contributed by atoms with Crippen LogP contribution in [0.1, 0.15) is 46.1 Å². The molecule has 0 atom stereocenters. The van der Waals surface area contributed by atoms with Crippen LogP contribution in [-0.2, 0) is 16.4 Å². The van der Waals surface area contributed by atoms with E-state index in [1.165, 1.54) is 5.56 Å². The lowest BCUT2D eigenvalue weighted by atomic mass is 10.0. The van der Waals surface area contributed by atoms with Gasteiger partial charge in [-0.3, -0.25) is 0 Å². The topological polar surface area (TPSA) is 46.2 Å². The Morgan fingerprint density at radius 2 is 1.67 bits per heavy atom. The van der Waals surface area contributed by atoms with E-state index in [1.807, 2.05) is 32.9 Å². The summed E-state index contributed by atoms with van der Waals surface area (Å²) in [6.07, 6.45) is 2.79. The number of aryl methyl sites for hydroxylation is 1. The van der Waals surface area contributed by atoms with Crippen LogP contribution in [0.25, 0.3) is 0 Å². The van der Waals surface area contributed by atoms with Gasteiger partial charge in [-0.15, -0.1) is 0 Å². The molecule has 0 aliphatic heterocycles. The highest BCUT2D eigenvalue weighted by atomic mass is 32.2. The van der Waals surface area contributed by atoms with Gasteiger partial charge in [-0.2, -0.15) is 0 Å². The zero-order valence-corrected chi connectivity index (χ0v) is 12.5. The van der Waals surface area contributed by atoms with Crippen molar-refractivity contribution in [3.8, 4) is 0 Å². The molecule has 0 aliphatic rings. The quantitative estimate of drug-likeness (QED) is 0.862. The number of hydrogen-bond acceptors (Lipinski definition) is 2. The summed E-state index contributed by atoms with van der Waals surface area (Å²) < 4.78 is 27.1. The second-order valence-corrected chi connectivity index (χ2v) is 6.92. The van der Waals surface area contributed by atoms with Crippen molar-refractivity contribution in [2.75, 3.05) is 0 Å². The molecule has 0 bridgehead atoms. The van der Waals surface area contributed by atoms with E-state index in [1.54, 1.807) is 12.1 Å². The largest absolute Gasteiger partial charge is 0.241 e. The Kier molecular flexibility index (Phi) is 4.93. The zero-order valence-electron chi connectivity index (χ0n) is 11.7.